The first kappa shape index (κ1) is 9.56. The molecular formula is C10H19NO. The molecule has 2 atom stereocenters. The highest BCUT2D eigenvalue weighted by molar-refractivity contribution is 5.89. The molecule has 0 radical (unpaired) electrons. The van der Waals surface area contributed by atoms with E-state index in [1.165, 1.54) is 0 Å². The molecule has 1 N–H and O–H groups in total. The summed E-state index contributed by atoms with van der Waals surface area (Å²) < 4.78 is 0. The van der Waals surface area contributed by atoms with Crippen molar-refractivity contribution >= 4 is 5.91 Å². The van der Waals surface area contributed by atoms with Crippen LogP contribution in [0.1, 0.15) is 34.6 Å². The van der Waals surface area contributed by atoms with E-state index in [1.807, 2.05) is 13.8 Å². The van der Waals surface area contributed by atoms with Gasteiger partial charge < -0.3 is 5.32 Å². The quantitative estimate of drug-likeness (QED) is 0.627. The average Bonchev–Trinajstić information content (AvgIpc) is 1.98. The van der Waals surface area contributed by atoms with Gasteiger partial charge in [-0.25, -0.2) is 0 Å². The Morgan fingerprint density at radius 1 is 1.33 bits per heavy atom. The lowest BCUT2D eigenvalue weighted by Crippen LogP contribution is -2.67. The highest BCUT2D eigenvalue weighted by atomic mass is 16.2. The summed E-state index contributed by atoms with van der Waals surface area (Å²) in [6, 6.07) is 0.366. The smallest absolute Gasteiger partial charge is 0.228 e. The molecule has 2 heteroatoms. The number of carbonyl (C=O) groups excluding carboxylic acids is 1. The molecule has 1 rings (SSSR count). The lowest BCUT2D eigenvalue weighted by atomic mass is 9.68. The van der Waals surface area contributed by atoms with Gasteiger partial charge in [0.2, 0.25) is 5.91 Å². The molecule has 1 aliphatic rings. The molecule has 0 spiro atoms. The molecule has 0 aliphatic carbocycles. The maximum Gasteiger partial charge on any atom is 0.228 e. The summed E-state index contributed by atoms with van der Waals surface area (Å²) >= 11 is 0. The van der Waals surface area contributed by atoms with Crippen LogP contribution in [0.5, 0.6) is 0 Å². The van der Waals surface area contributed by atoms with E-state index in [1.54, 1.807) is 0 Å². The van der Waals surface area contributed by atoms with E-state index in [9.17, 15) is 4.79 Å². The van der Waals surface area contributed by atoms with Crippen molar-refractivity contribution < 1.29 is 4.79 Å². The van der Waals surface area contributed by atoms with Gasteiger partial charge in [0.15, 0.2) is 0 Å². The highest BCUT2D eigenvalue weighted by Gasteiger charge is 2.49. The van der Waals surface area contributed by atoms with Gasteiger partial charge in [0.25, 0.3) is 0 Å². The van der Waals surface area contributed by atoms with Crippen LogP contribution in [0.2, 0.25) is 0 Å². The third-order valence-electron chi connectivity index (χ3n) is 3.23. The second-order valence-corrected chi connectivity index (χ2v) is 4.78. The zero-order valence-electron chi connectivity index (χ0n) is 8.64. The van der Waals surface area contributed by atoms with Crippen LogP contribution in [0, 0.1) is 17.3 Å². The van der Waals surface area contributed by atoms with E-state index >= 15 is 0 Å². The Kier molecular flexibility index (Phi) is 2.19. The first-order valence-corrected chi connectivity index (χ1v) is 4.68. The zero-order valence-corrected chi connectivity index (χ0v) is 8.64. The molecule has 2 unspecified atom stereocenters. The molecule has 12 heavy (non-hydrogen) atoms. The molecule has 0 aromatic heterocycles. The summed E-state index contributed by atoms with van der Waals surface area (Å²) in [5.41, 5.74) is -0.149. The number of rotatable bonds is 2. The Morgan fingerprint density at radius 2 is 1.83 bits per heavy atom. The summed E-state index contributed by atoms with van der Waals surface area (Å²) in [5.74, 6) is 1.40. The van der Waals surface area contributed by atoms with E-state index in [-0.39, 0.29) is 11.3 Å². The van der Waals surface area contributed by atoms with Crippen LogP contribution in [-0.4, -0.2) is 11.9 Å². The van der Waals surface area contributed by atoms with Crippen molar-refractivity contribution in [2.45, 2.75) is 40.7 Å². The summed E-state index contributed by atoms with van der Waals surface area (Å²) in [4.78, 5) is 11.2. The third-order valence-corrected chi connectivity index (χ3v) is 3.23. The third kappa shape index (κ3) is 1.23. The number of hydrogen-bond acceptors (Lipinski definition) is 1. The van der Waals surface area contributed by atoms with Gasteiger partial charge in [-0.15, -0.1) is 0 Å². The molecule has 1 aliphatic heterocycles. The van der Waals surface area contributed by atoms with Crippen LogP contribution in [0.15, 0.2) is 0 Å². The fourth-order valence-electron chi connectivity index (χ4n) is 1.74. The SMILES string of the molecule is CC(C)C(C)C1NC(=O)C1(C)C. The van der Waals surface area contributed by atoms with Crippen LogP contribution in [0.3, 0.4) is 0 Å². The molecule has 0 aromatic rings. The predicted octanol–water partition coefficient (Wildman–Crippen LogP) is 1.80. The van der Waals surface area contributed by atoms with E-state index < -0.39 is 0 Å². The van der Waals surface area contributed by atoms with Gasteiger partial charge in [-0.3, -0.25) is 4.79 Å². The number of amides is 1. The number of hydrogen-bond donors (Lipinski definition) is 1. The summed E-state index contributed by atoms with van der Waals surface area (Å²) in [6.07, 6.45) is 0. The zero-order chi connectivity index (χ0) is 9.52. The summed E-state index contributed by atoms with van der Waals surface area (Å²) in [6.45, 7) is 10.7. The largest absolute Gasteiger partial charge is 0.351 e. The predicted molar refractivity (Wildman–Crippen MR) is 49.7 cm³/mol. The Balaban J connectivity index is 2.63. The first-order valence-electron chi connectivity index (χ1n) is 4.68. The van der Waals surface area contributed by atoms with Crippen LogP contribution in [0.4, 0.5) is 0 Å². The maximum atomic E-state index is 11.2. The Hall–Kier alpha value is -0.530. The normalized spacial score (nSPS) is 29.5. The second kappa shape index (κ2) is 2.75. The van der Waals surface area contributed by atoms with Gasteiger partial charge in [-0.1, -0.05) is 20.8 Å². The van der Waals surface area contributed by atoms with E-state index in [0.717, 1.165) is 0 Å². The Labute approximate surface area is 74.7 Å². The minimum atomic E-state index is -0.149. The van der Waals surface area contributed by atoms with Gasteiger partial charge in [-0.05, 0) is 25.7 Å². The second-order valence-electron chi connectivity index (χ2n) is 4.78. The van der Waals surface area contributed by atoms with Gasteiger partial charge in [-0.2, -0.15) is 0 Å². The van der Waals surface area contributed by atoms with Crippen LogP contribution >= 0.6 is 0 Å². The summed E-state index contributed by atoms with van der Waals surface area (Å²) in [5, 5.41) is 2.98. The maximum absolute atomic E-state index is 11.2. The van der Waals surface area contributed by atoms with Crippen LogP contribution in [0.25, 0.3) is 0 Å². The highest BCUT2D eigenvalue weighted by Crippen LogP contribution is 2.36. The average molecular weight is 169 g/mol. The van der Waals surface area contributed by atoms with E-state index in [0.29, 0.717) is 17.9 Å². The molecule has 70 valence electrons. The standard InChI is InChI=1S/C10H19NO/c1-6(2)7(3)8-10(4,5)9(12)11-8/h6-8H,1-5H3,(H,11,12). The minimum Gasteiger partial charge on any atom is -0.351 e. The topological polar surface area (TPSA) is 29.1 Å². The van der Waals surface area contributed by atoms with Crippen molar-refractivity contribution in [2.75, 3.05) is 0 Å². The Bertz CT molecular complexity index is 196. The minimum absolute atomic E-state index is 0.149. The molecule has 2 nitrogen and oxygen atoms in total. The van der Waals surface area contributed by atoms with Crippen molar-refractivity contribution in [1.82, 2.24) is 5.32 Å². The molecule has 1 saturated heterocycles. The number of nitrogens with one attached hydrogen (secondary N) is 1. The van der Waals surface area contributed by atoms with Crippen molar-refractivity contribution in [3.63, 3.8) is 0 Å². The molecule has 1 amide bonds. The molecule has 0 bridgehead atoms. The van der Waals surface area contributed by atoms with Crippen molar-refractivity contribution in [3.05, 3.63) is 0 Å². The van der Waals surface area contributed by atoms with Gasteiger partial charge in [0.05, 0.1) is 5.41 Å². The summed E-state index contributed by atoms with van der Waals surface area (Å²) in [7, 11) is 0. The van der Waals surface area contributed by atoms with Crippen molar-refractivity contribution in [2.24, 2.45) is 17.3 Å². The molecule has 1 heterocycles. The van der Waals surface area contributed by atoms with Crippen molar-refractivity contribution in [1.29, 1.82) is 0 Å². The van der Waals surface area contributed by atoms with Gasteiger partial charge in [0, 0.05) is 6.04 Å². The first-order chi connectivity index (χ1) is 5.37. The molecule has 0 aromatic carbocycles. The monoisotopic (exact) mass is 169 g/mol. The molecule has 0 saturated carbocycles. The lowest BCUT2D eigenvalue weighted by molar-refractivity contribution is -0.145. The van der Waals surface area contributed by atoms with Crippen LogP contribution < -0.4 is 5.32 Å². The van der Waals surface area contributed by atoms with Crippen LogP contribution in [-0.2, 0) is 4.79 Å². The van der Waals surface area contributed by atoms with E-state index in [4.69, 9.17) is 0 Å². The molecule has 1 fully saturated rings. The fourth-order valence-corrected chi connectivity index (χ4v) is 1.74. The van der Waals surface area contributed by atoms with Crippen molar-refractivity contribution in [3.8, 4) is 0 Å². The fraction of sp³-hybridized carbons (Fsp3) is 0.900. The number of β-lactam (4-membered cyclic amide) rings is 1. The lowest BCUT2D eigenvalue weighted by Gasteiger charge is -2.48. The van der Waals surface area contributed by atoms with Gasteiger partial charge in [0.1, 0.15) is 0 Å². The molecular weight excluding hydrogens is 150 g/mol. The Morgan fingerprint density at radius 3 is 2.08 bits per heavy atom. The van der Waals surface area contributed by atoms with Gasteiger partial charge >= 0.3 is 0 Å². The van der Waals surface area contributed by atoms with E-state index in [2.05, 4.69) is 26.1 Å². The number of carbonyl (C=O) groups is 1.